The molecular formula is C38H48N6O9S. The minimum atomic E-state index is -4.21. The second-order valence-corrected chi connectivity index (χ2v) is 16.5. The van der Waals surface area contributed by atoms with E-state index >= 15 is 0 Å². The van der Waals surface area contributed by atoms with Gasteiger partial charge in [-0.05, 0) is 70.6 Å². The van der Waals surface area contributed by atoms with E-state index < -0.39 is 64.1 Å². The Labute approximate surface area is 315 Å². The Balaban J connectivity index is 1.45. The number of aromatic nitrogens is 4. The van der Waals surface area contributed by atoms with Crippen LogP contribution in [0, 0.1) is 12.8 Å². The molecule has 0 bridgehead atoms. The Morgan fingerprint density at radius 2 is 1.59 bits per heavy atom. The summed E-state index contributed by atoms with van der Waals surface area (Å²) >= 11 is 0. The number of ether oxygens (including phenoxy) is 4. The molecule has 0 amide bonds. The maximum Gasteiger partial charge on any atom is 0.324 e. The van der Waals surface area contributed by atoms with E-state index in [1.807, 2.05) is 32.0 Å². The summed E-state index contributed by atoms with van der Waals surface area (Å²) in [6, 6.07) is 14.3. The zero-order valence-electron chi connectivity index (χ0n) is 31.5. The molecule has 0 radical (unpaired) electrons. The molecule has 6 atom stereocenters. The van der Waals surface area contributed by atoms with Crippen LogP contribution in [0.5, 0.6) is 0 Å². The molecule has 16 heteroatoms. The van der Waals surface area contributed by atoms with Crippen LogP contribution in [-0.4, -0.2) is 80.1 Å². The first kappa shape index (κ1) is 40.3. The third-order valence-corrected chi connectivity index (χ3v) is 10.8. The van der Waals surface area contributed by atoms with E-state index in [9.17, 15) is 22.8 Å². The highest BCUT2D eigenvalue weighted by Gasteiger charge is 2.51. The lowest BCUT2D eigenvalue weighted by atomic mass is 9.93. The van der Waals surface area contributed by atoms with Crippen LogP contribution < -0.4 is 5.73 Å². The maximum atomic E-state index is 14.4. The number of rotatable bonds is 14. The van der Waals surface area contributed by atoms with Gasteiger partial charge in [-0.15, -0.1) is 0 Å². The Morgan fingerprint density at radius 3 is 2.22 bits per heavy atom. The number of nitrogens with zero attached hydrogens (tertiary/aromatic N) is 5. The largest absolute Gasteiger partial charge is 0.459 e. The van der Waals surface area contributed by atoms with Gasteiger partial charge < -0.3 is 24.7 Å². The summed E-state index contributed by atoms with van der Waals surface area (Å²) < 4.78 is 55.3. The molecule has 1 aliphatic rings. The lowest BCUT2D eigenvalue weighted by Gasteiger charge is -2.33. The van der Waals surface area contributed by atoms with Crippen LogP contribution >= 0.6 is 0 Å². The SMILES string of the molecule is CC(=O)O[C@@H]1[C@H](OC(C)=O)[C@@H](C[C@@H](C)CC[C@@H](C(=O)OC(C)(C)C)N(Cc2ccccc2)S(=O)(=O)c2ccc(C)cc2)O[C@H]1n1cnc2c(N)ncnc21. The molecule has 290 valence electrons. The van der Waals surface area contributed by atoms with E-state index in [-0.39, 0.29) is 36.0 Å². The normalized spacial score (nSPS) is 20.1. The number of hydrogen-bond acceptors (Lipinski definition) is 13. The van der Waals surface area contributed by atoms with Crippen LogP contribution in [0.1, 0.15) is 78.2 Å². The number of carbonyl (C=O) groups excluding carboxylic acids is 3. The number of carbonyl (C=O) groups is 3. The third-order valence-electron chi connectivity index (χ3n) is 8.95. The van der Waals surface area contributed by atoms with Crippen molar-refractivity contribution < 1.29 is 41.7 Å². The van der Waals surface area contributed by atoms with E-state index in [2.05, 4.69) is 15.0 Å². The van der Waals surface area contributed by atoms with E-state index in [1.165, 1.54) is 42.9 Å². The van der Waals surface area contributed by atoms with Crippen LogP contribution in [0.3, 0.4) is 0 Å². The van der Waals surface area contributed by atoms with E-state index in [1.54, 1.807) is 49.6 Å². The summed E-state index contributed by atoms with van der Waals surface area (Å²) in [6.45, 7) is 11.4. The second kappa shape index (κ2) is 16.6. The predicted octanol–water partition coefficient (Wildman–Crippen LogP) is 4.89. The first-order valence-electron chi connectivity index (χ1n) is 17.7. The molecule has 3 heterocycles. The number of esters is 3. The first-order chi connectivity index (χ1) is 25.4. The topological polar surface area (TPSA) is 195 Å². The lowest BCUT2D eigenvalue weighted by molar-refractivity contribution is -0.165. The van der Waals surface area contributed by atoms with Gasteiger partial charge in [0, 0.05) is 20.4 Å². The van der Waals surface area contributed by atoms with Gasteiger partial charge in [-0.2, -0.15) is 4.31 Å². The molecular weight excluding hydrogens is 717 g/mol. The fourth-order valence-corrected chi connectivity index (χ4v) is 8.10. The monoisotopic (exact) mass is 764 g/mol. The standard InChI is InChI=1S/C38H48N6O9S/c1-23-13-16-28(17-14-23)54(48,49)44(20-27-11-9-8-10-12-27)29(37(47)53-38(5,6)7)18-15-24(2)19-30-32(50-25(3)45)33(51-26(4)46)36(52-30)43-22-42-31-34(39)40-21-41-35(31)43/h8-14,16-17,21-22,24,29-30,32-33,36H,15,18-20H2,1-7H3,(H2,39,40,41)/t24-,29-,30+,32+,33+,36+/m0/s1. The van der Waals surface area contributed by atoms with Gasteiger partial charge in [-0.3, -0.25) is 19.0 Å². The predicted molar refractivity (Wildman–Crippen MR) is 198 cm³/mol. The Bertz CT molecular complexity index is 2050. The van der Waals surface area contributed by atoms with Gasteiger partial charge in [0.1, 0.15) is 29.6 Å². The number of nitrogen functional groups attached to an aromatic ring is 1. The molecule has 54 heavy (non-hydrogen) atoms. The number of hydrogen-bond donors (Lipinski definition) is 1. The Morgan fingerprint density at radius 1 is 0.944 bits per heavy atom. The maximum absolute atomic E-state index is 14.4. The number of nitrogens with two attached hydrogens (primary N) is 1. The third kappa shape index (κ3) is 9.59. The van der Waals surface area contributed by atoms with Gasteiger partial charge in [0.15, 0.2) is 29.9 Å². The molecule has 5 rings (SSSR count). The van der Waals surface area contributed by atoms with Crippen LogP contribution in [0.15, 0.2) is 72.1 Å². The molecule has 2 N–H and O–H groups in total. The van der Waals surface area contributed by atoms with Crippen molar-refractivity contribution >= 4 is 44.9 Å². The Hall–Kier alpha value is -4.93. The van der Waals surface area contributed by atoms with Crippen molar-refractivity contribution in [2.75, 3.05) is 5.73 Å². The smallest absolute Gasteiger partial charge is 0.324 e. The number of imidazole rings is 1. The molecule has 0 saturated carbocycles. The van der Waals surface area contributed by atoms with Gasteiger partial charge in [0.2, 0.25) is 10.0 Å². The summed E-state index contributed by atoms with van der Waals surface area (Å²) in [5.41, 5.74) is 7.35. The highest BCUT2D eigenvalue weighted by Crippen LogP contribution is 2.39. The molecule has 1 saturated heterocycles. The van der Waals surface area contributed by atoms with Crippen molar-refractivity contribution in [1.29, 1.82) is 0 Å². The van der Waals surface area contributed by atoms with Crippen LogP contribution in [-0.2, 0) is 49.9 Å². The van der Waals surface area contributed by atoms with Gasteiger partial charge in [-0.1, -0.05) is 55.0 Å². The molecule has 2 aromatic heterocycles. The molecule has 15 nitrogen and oxygen atoms in total. The summed E-state index contributed by atoms with van der Waals surface area (Å²) in [6.07, 6.45) is -0.451. The van der Waals surface area contributed by atoms with Crippen molar-refractivity contribution in [3.05, 3.63) is 78.4 Å². The van der Waals surface area contributed by atoms with Crippen molar-refractivity contribution in [2.45, 2.75) is 115 Å². The molecule has 2 aromatic carbocycles. The number of fused-ring (bicyclic) bond motifs is 1. The van der Waals surface area contributed by atoms with Crippen LogP contribution in [0.2, 0.25) is 0 Å². The zero-order chi connectivity index (χ0) is 39.4. The van der Waals surface area contributed by atoms with Crippen molar-refractivity contribution in [3.63, 3.8) is 0 Å². The number of benzene rings is 2. The quantitative estimate of drug-likeness (QED) is 0.135. The van der Waals surface area contributed by atoms with Crippen molar-refractivity contribution in [1.82, 2.24) is 23.8 Å². The highest BCUT2D eigenvalue weighted by molar-refractivity contribution is 7.89. The summed E-state index contributed by atoms with van der Waals surface area (Å²) in [5, 5.41) is 0. The molecule has 4 aromatic rings. The fourth-order valence-electron chi connectivity index (χ4n) is 6.51. The first-order valence-corrected chi connectivity index (χ1v) is 19.2. The molecule has 0 unspecified atom stereocenters. The minimum Gasteiger partial charge on any atom is -0.459 e. The van der Waals surface area contributed by atoms with Gasteiger partial charge in [0.05, 0.1) is 11.2 Å². The molecule has 0 aliphatic carbocycles. The zero-order valence-corrected chi connectivity index (χ0v) is 32.4. The van der Waals surface area contributed by atoms with E-state index in [0.29, 0.717) is 23.1 Å². The summed E-state index contributed by atoms with van der Waals surface area (Å²) in [4.78, 5) is 51.4. The summed E-state index contributed by atoms with van der Waals surface area (Å²) in [7, 11) is -4.21. The summed E-state index contributed by atoms with van der Waals surface area (Å²) in [5.74, 6) is -1.99. The number of sulfonamides is 1. The average Bonchev–Trinajstić information content (AvgIpc) is 3.65. The van der Waals surface area contributed by atoms with Crippen LogP contribution in [0.4, 0.5) is 5.82 Å². The average molecular weight is 765 g/mol. The molecule has 1 fully saturated rings. The Kier molecular flexibility index (Phi) is 12.4. The lowest BCUT2D eigenvalue weighted by Crippen LogP contribution is -2.47. The van der Waals surface area contributed by atoms with Gasteiger partial charge >= 0.3 is 17.9 Å². The van der Waals surface area contributed by atoms with E-state index in [0.717, 1.165) is 5.56 Å². The number of anilines is 1. The van der Waals surface area contributed by atoms with Crippen molar-refractivity contribution in [2.24, 2.45) is 5.92 Å². The highest BCUT2D eigenvalue weighted by atomic mass is 32.2. The van der Waals surface area contributed by atoms with Gasteiger partial charge in [-0.25, -0.2) is 23.4 Å². The fraction of sp³-hybridized carbons (Fsp3) is 0.474. The van der Waals surface area contributed by atoms with Crippen molar-refractivity contribution in [3.8, 4) is 0 Å². The second-order valence-electron chi connectivity index (χ2n) is 14.6. The van der Waals surface area contributed by atoms with E-state index in [4.69, 9.17) is 24.7 Å². The molecule has 0 spiro atoms. The van der Waals surface area contributed by atoms with Gasteiger partial charge in [0.25, 0.3) is 0 Å². The van der Waals surface area contributed by atoms with Crippen LogP contribution in [0.25, 0.3) is 11.2 Å². The number of aryl methyl sites for hydroxylation is 1. The molecule has 1 aliphatic heterocycles. The minimum absolute atomic E-state index is 0.0517.